The summed E-state index contributed by atoms with van der Waals surface area (Å²) in [6.07, 6.45) is 4.77. The van der Waals surface area contributed by atoms with Gasteiger partial charge in [0.15, 0.2) is 5.11 Å². The number of nitrogens with one attached hydrogen (secondary N) is 3. The van der Waals surface area contributed by atoms with Gasteiger partial charge in [-0.1, -0.05) is 25.0 Å². The van der Waals surface area contributed by atoms with Crippen LogP contribution < -0.4 is 25.8 Å². The molecule has 0 aromatic heterocycles. The predicted molar refractivity (Wildman–Crippen MR) is 107 cm³/mol. The Labute approximate surface area is 164 Å². The fourth-order valence-electron chi connectivity index (χ4n) is 3.59. The number of carbonyl (C=O) groups excluding carboxylic acids is 2. The van der Waals surface area contributed by atoms with E-state index in [2.05, 4.69) is 16.2 Å². The van der Waals surface area contributed by atoms with Gasteiger partial charge < -0.3 is 15.0 Å². The number of carbonyl (C=O) groups is 2. The molecular weight excluding hydrogens is 364 g/mol. The molecule has 146 valence electrons. The number of anilines is 1. The lowest BCUT2D eigenvalue weighted by Gasteiger charge is -2.20. The first kappa shape index (κ1) is 19.4. The van der Waals surface area contributed by atoms with Crippen molar-refractivity contribution in [2.45, 2.75) is 45.1 Å². The molecule has 0 spiro atoms. The molecule has 1 aliphatic heterocycles. The average Bonchev–Trinajstić information content (AvgIpc) is 3.30. The molecule has 3 rings (SSSR count). The van der Waals surface area contributed by atoms with Gasteiger partial charge in [0, 0.05) is 19.0 Å². The molecule has 2 fully saturated rings. The van der Waals surface area contributed by atoms with E-state index in [1.807, 2.05) is 31.2 Å². The molecule has 1 aromatic rings. The maximum atomic E-state index is 12.4. The first-order valence-electron chi connectivity index (χ1n) is 9.47. The van der Waals surface area contributed by atoms with Crippen molar-refractivity contribution in [1.82, 2.24) is 16.2 Å². The highest BCUT2D eigenvalue weighted by molar-refractivity contribution is 7.80. The summed E-state index contributed by atoms with van der Waals surface area (Å²) in [5.74, 6) is -0.118. The van der Waals surface area contributed by atoms with Crippen LogP contribution >= 0.6 is 12.2 Å². The molecular formula is C19H26N4O3S. The van der Waals surface area contributed by atoms with E-state index >= 15 is 0 Å². The fourth-order valence-corrected chi connectivity index (χ4v) is 3.80. The van der Waals surface area contributed by atoms with Gasteiger partial charge in [0.2, 0.25) is 11.8 Å². The van der Waals surface area contributed by atoms with E-state index in [1.54, 1.807) is 4.90 Å². The normalized spacial score (nSPS) is 19.8. The number of rotatable bonds is 5. The van der Waals surface area contributed by atoms with Crippen molar-refractivity contribution in [1.29, 1.82) is 0 Å². The van der Waals surface area contributed by atoms with Crippen molar-refractivity contribution in [3.63, 3.8) is 0 Å². The summed E-state index contributed by atoms with van der Waals surface area (Å²) in [6.45, 7) is 2.73. The second-order valence-corrected chi connectivity index (χ2v) is 7.28. The number of hydrogen-bond donors (Lipinski definition) is 3. The van der Waals surface area contributed by atoms with Gasteiger partial charge in [-0.15, -0.1) is 0 Å². The molecule has 8 heteroatoms. The lowest BCUT2D eigenvalue weighted by Crippen LogP contribution is -2.50. The highest BCUT2D eigenvalue weighted by Crippen LogP contribution is 2.33. The summed E-state index contributed by atoms with van der Waals surface area (Å²) in [5, 5.41) is 3.62. The maximum Gasteiger partial charge on any atom is 0.243 e. The smallest absolute Gasteiger partial charge is 0.243 e. The van der Waals surface area contributed by atoms with Gasteiger partial charge >= 0.3 is 0 Å². The minimum atomic E-state index is -0.436. The zero-order valence-corrected chi connectivity index (χ0v) is 16.3. The fraction of sp³-hybridized carbons (Fsp3) is 0.526. The molecule has 1 saturated heterocycles. The van der Waals surface area contributed by atoms with Crippen LogP contribution in [0.1, 0.15) is 39.0 Å². The van der Waals surface area contributed by atoms with Gasteiger partial charge in [-0.25, -0.2) is 0 Å². The van der Waals surface area contributed by atoms with Crippen LogP contribution in [-0.4, -0.2) is 36.1 Å². The standard InChI is InChI=1S/C19H26N4O3S/c1-2-26-16-10-6-5-9-15(16)23-12-13(11-17(23)24)18(25)21-22-19(27)20-14-7-3-4-8-14/h5-6,9-10,13-14H,2-4,7-8,11-12H2,1H3,(H,21,25)(H2,20,22,27)/t13-/m0/s1. The second kappa shape index (κ2) is 9.03. The quantitative estimate of drug-likeness (QED) is 0.526. The van der Waals surface area contributed by atoms with Gasteiger partial charge in [0.1, 0.15) is 5.75 Å². The third-order valence-corrected chi connectivity index (χ3v) is 5.16. The van der Waals surface area contributed by atoms with Crippen LogP contribution in [-0.2, 0) is 9.59 Å². The molecule has 2 amide bonds. The van der Waals surface area contributed by atoms with Crippen molar-refractivity contribution in [2.75, 3.05) is 18.1 Å². The van der Waals surface area contributed by atoms with Gasteiger partial charge in [-0.3, -0.25) is 20.4 Å². The van der Waals surface area contributed by atoms with Crippen molar-refractivity contribution in [3.8, 4) is 5.75 Å². The predicted octanol–water partition coefficient (Wildman–Crippen LogP) is 1.88. The van der Waals surface area contributed by atoms with Gasteiger partial charge in [-0.2, -0.15) is 0 Å². The molecule has 27 heavy (non-hydrogen) atoms. The average molecular weight is 391 g/mol. The van der Waals surface area contributed by atoms with Gasteiger partial charge in [0.25, 0.3) is 0 Å². The highest BCUT2D eigenvalue weighted by atomic mass is 32.1. The van der Waals surface area contributed by atoms with Gasteiger partial charge in [-0.05, 0) is 44.1 Å². The van der Waals surface area contributed by atoms with E-state index in [1.165, 1.54) is 12.8 Å². The molecule has 0 bridgehead atoms. The maximum absolute atomic E-state index is 12.4. The zero-order chi connectivity index (χ0) is 19.2. The Bertz CT molecular complexity index is 706. The Hall–Kier alpha value is -2.35. The Morgan fingerprint density at radius 1 is 1.26 bits per heavy atom. The van der Waals surface area contributed by atoms with Crippen molar-refractivity contribution in [2.24, 2.45) is 5.92 Å². The van der Waals surface area contributed by atoms with Crippen LogP contribution in [0.4, 0.5) is 5.69 Å². The van der Waals surface area contributed by atoms with Crippen LogP contribution in [0.25, 0.3) is 0 Å². The largest absolute Gasteiger partial charge is 0.492 e. The summed E-state index contributed by atoms with van der Waals surface area (Å²) in [7, 11) is 0. The number of nitrogens with zero attached hydrogens (tertiary/aromatic N) is 1. The summed E-state index contributed by atoms with van der Waals surface area (Å²) < 4.78 is 5.60. The minimum Gasteiger partial charge on any atom is -0.492 e. The third kappa shape index (κ3) is 4.88. The summed E-state index contributed by atoms with van der Waals surface area (Å²) in [4.78, 5) is 26.5. The van der Waals surface area contributed by atoms with E-state index in [9.17, 15) is 9.59 Å². The van der Waals surface area contributed by atoms with Crippen molar-refractivity contribution in [3.05, 3.63) is 24.3 Å². The third-order valence-electron chi connectivity index (χ3n) is 4.94. The lowest BCUT2D eigenvalue weighted by molar-refractivity contribution is -0.126. The van der Waals surface area contributed by atoms with Crippen LogP contribution in [0.3, 0.4) is 0 Å². The molecule has 1 heterocycles. The second-order valence-electron chi connectivity index (χ2n) is 6.88. The molecule has 1 aliphatic carbocycles. The highest BCUT2D eigenvalue weighted by Gasteiger charge is 2.36. The van der Waals surface area contributed by atoms with E-state index in [0.717, 1.165) is 12.8 Å². The molecule has 0 unspecified atom stereocenters. The molecule has 1 saturated carbocycles. The molecule has 3 N–H and O–H groups in total. The topological polar surface area (TPSA) is 82.7 Å². The Kier molecular flexibility index (Phi) is 6.49. The first-order chi connectivity index (χ1) is 13.1. The van der Waals surface area contributed by atoms with Crippen LogP contribution in [0.2, 0.25) is 0 Å². The lowest BCUT2D eigenvalue weighted by atomic mass is 10.1. The number of benzene rings is 1. The summed E-state index contributed by atoms with van der Waals surface area (Å²) in [6, 6.07) is 7.76. The number of hydrogen-bond acceptors (Lipinski definition) is 4. The van der Waals surface area contributed by atoms with E-state index in [0.29, 0.717) is 35.7 Å². The minimum absolute atomic E-state index is 0.0889. The van der Waals surface area contributed by atoms with Crippen LogP contribution in [0.5, 0.6) is 5.75 Å². The van der Waals surface area contributed by atoms with Crippen LogP contribution in [0, 0.1) is 5.92 Å². The number of thiocarbonyl (C=S) groups is 1. The zero-order valence-electron chi connectivity index (χ0n) is 15.5. The van der Waals surface area contributed by atoms with E-state index < -0.39 is 5.92 Å². The Morgan fingerprint density at radius 2 is 2.00 bits per heavy atom. The van der Waals surface area contributed by atoms with Gasteiger partial charge in [0.05, 0.1) is 18.2 Å². The Morgan fingerprint density at radius 3 is 2.74 bits per heavy atom. The number of hydrazine groups is 1. The molecule has 0 radical (unpaired) electrons. The molecule has 2 aliphatic rings. The summed E-state index contributed by atoms with van der Waals surface area (Å²) >= 11 is 5.22. The van der Waals surface area contributed by atoms with Crippen molar-refractivity contribution >= 4 is 34.8 Å². The molecule has 1 aromatic carbocycles. The molecule has 7 nitrogen and oxygen atoms in total. The van der Waals surface area contributed by atoms with E-state index in [4.69, 9.17) is 17.0 Å². The summed E-state index contributed by atoms with van der Waals surface area (Å²) in [5.41, 5.74) is 6.08. The number of ether oxygens (including phenoxy) is 1. The van der Waals surface area contributed by atoms with Crippen molar-refractivity contribution < 1.29 is 14.3 Å². The first-order valence-corrected chi connectivity index (χ1v) is 9.88. The number of amides is 2. The number of para-hydroxylation sites is 2. The molecule has 1 atom stereocenters. The SMILES string of the molecule is CCOc1ccccc1N1C[C@@H](C(=O)NNC(=S)NC2CCCC2)CC1=O. The van der Waals surface area contributed by atoms with Crippen LogP contribution in [0.15, 0.2) is 24.3 Å². The Balaban J connectivity index is 1.53. The monoisotopic (exact) mass is 390 g/mol. The van der Waals surface area contributed by atoms with E-state index in [-0.39, 0.29) is 18.2 Å².